The molecular formula is C10H18O2. The van der Waals surface area contributed by atoms with Gasteiger partial charge in [0, 0.05) is 0 Å². The molecular weight excluding hydrogens is 152 g/mol. The molecule has 0 radical (unpaired) electrons. The zero-order valence-electron chi connectivity index (χ0n) is 8.35. The molecule has 2 fully saturated rings. The highest BCUT2D eigenvalue weighted by Crippen LogP contribution is 2.60. The van der Waals surface area contributed by atoms with Gasteiger partial charge in [-0.2, -0.15) is 0 Å². The van der Waals surface area contributed by atoms with Crippen LogP contribution in [0, 0.1) is 5.41 Å². The fraction of sp³-hybridized carbons (Fsp3) is 1.00. The van der Waals surface area contributed by atoms with Crippen LogP contribution in [-0.4, -0.2) is 22.4 Å². The molecule has 70 valence electrons. The van der Waals surface area contributed by atoms with Gasteiger partial charge in [0.15, 0.2) is 0 Å². The van der Waals surface area contributed by atoms with Gasteiger partial charge in [0.1, 0.15) is 5.60 Å². The van der Waals surface area contributed by atoms with Crippen molar-refractivity contribution in [2.24, 2.45) is 5.41 Å². The van der Waals surface area contributed by atoms with Crippen LogP contribution in [0.2, 0.25) is 0 Å². The van der Waals surface area contributed by atoms with Gasteiger partial charge in [-0.25, -0.2) is 0 Å². The largest absolute Gasteiger partial charge is 0.387 e. The predicted molar refractivity (Wildman–Crippen MR) is 46.9 cm³/mol. The highest BCUT2D eigenvalue weighted by molar-refractivity contribution is 5.19. The van der Waals surface area contributed by atoms with Crippen LogP contribution >= 0.6 is 0 Å². The van der Waals surface area contributed by atoms with Crippen molar-refractivity contribution in [3.05, 3.63) is 0 Å². The maximum Gasteiger partial charge on any atom is 0.121 e. The minimum Gasteiger partial charge on any atom is -0.387 e. The van der Waals surface area contributed by atoms with E-state index in [9.17, 15) is 5.11 Å². The normalized spacial score (nSPS) is 56.2. The molecule has 1 saturated carbocycles. The third-order valence-electron chi connectivity index (χ3n) is 3.84. The van der Waals surface area contributed by atoms with Crippen LogP contribution in [0.15, 0.2) is 0 Å². The van der Waals surface area contributed by atoms with Gasteiger partial charge in [-0.05, 0) is 32.1 Å². The first-order valence-corrected chi connectivity index (χ1v) is 4.70. The van der Waals surface area contributed by atoms with Crippen LogP contribution in [0.3, 0.4) is 0 Å². The van der Waals surface area contributed by atoms with Gasteiger partial charge in [0.05, 0.1) is 11.7 Å². The highest BCUT2D eigenvalue weighted by Gasteiger charge is 2.70. The average Bonchev–Trinajstić information content (AvgIpc) is 2.59. The van der Waals surface area contributed by atoms with E-state index in [1.165, 1.54) is 0 Å². The van der Waals surface area contributed by atoms with E-state index in [0.717, 1.165) is 12.8 Å². The lowest BCUT2D eigenvalue weighted by atomic mass is 9.66. The second kappa shape index (κ2) is 1.88. The molecule has 2 heteroatoms. The average molecular weight is 170 g/mol. The summed E-state index contributed by atoms with van der Waals surface area (Å²) >= 11 is 0. The summed E-state index contributed by atoms with van der Waals surface area (Å²) < 4.78 is 5.65. The van der Waals surface area contributed by atoms with Crippen LogP contribution in [0.5, 0.6) is 0 Å². The van der Waals surface area contributed by atoms with E-state index >= 15 is 0 Å². The summed E-state index contributed by atoms with van der Waals surface area (Å²) in [7, 11) is 0. The van der Waals surface area contributed by atoms with E-state index < -0.39 is 5.60 Å². The van der Waals surface area contributed by atoms with Gasteiger partial charge in [-0.1, -0.05) is 13.8 Å². The first-order chi connectivity index (χ1) is 5.30. The topological polar surface area (TPSA) is 32.8 Å². The van der Waals surface area contributed by atoms with Crippen LogP contribution in [-0.2, 0) is 4.74 Å². The van der Waals surface area contributed by atoms with E-state index in [1.54, 1.807) is 0 Å². The SMILES string of the molecule is CC1(C)CC[C@](C)(O)[C@]2(C)O[C@H]12. The van der Waals surface area contributed by atoms with Gasteiger partial charge in [0.2, 0.25) is 0 Å². The fourth-order valence-electron chi connectivity index (χ4n) is 2.47. The van der Waals surface area contributed by atoms with Crippen LogP contribution in [0.1, 0.15) is 40.5 Å². The molecule has 0 aromatic carbocycles. The van der Waals surface area contributed by atoms with Gasteiger partial charge in [-0.3, -0.25) is 0 Å². The van der Waals surface area contributed by atoms with Crippen LogP contribution in [0.4, 0.5) is 0 Å². The number of hydrogen-bond donors (Lipinski definition) is 1. The molecule has 0 aromatic rings. The van der Waals surface area contributed by atoms with Gasteiger partial charge in [-0.15, -0.1) is 0 Å². The van der Waals surface area contributed by atoms with Gasteiger partial charge in [0.25, 0.3) is 0 Å². The molecule has 1 N–H and O–H groups in total. The molecule has 0 aromatic heterocycles. The molecule has 1 aliphatic heterocycles. The van der Waals surface area contributed by atoms with Crippen molar-refractivity contribution in [3.63, 3.8) is 0 Å². The number of hydrogen-bond acceptors (Lipinski definition) is 2. The van der Waals surface area contributed by atoms with Crippen molar-refractivity contribution in [1.29, 1.82) is 0 Å². The summed E-state index contributed by atoms with van der Waals surface area (Å²) in [6.07, 6.45) is 2.17. The Hall–Kier alpha value is -0.0800. The predicted octanol–water partition coefficient (Wildman–Crippen LogP) is 1.71. The molecule has 0 amide bonds. The van der Waals surface area contributed by atoms with E-state index in [4.69, 9.17) is 4.74 Å². The number of epoxide rings is 1. The standard InChI is InChI=1S/C10H18O2/c1-8(2)5-6-9(3,11)10(4)7(8)12-10/h7,11H,5-6H2,1-4H3/t7-,9+,10-/m1/s1. The van der Waals surface area contributed by atoms with Crippen molar-refractivity contribution in [2.45, 2.75) is 57.8 Å². The number of aliphatic hydroxyl groups is 1. The molecule has 2 nitrogen and oxygen atoms in total. The summed E-state index contributed by atoms with van der Waals surface area (Å²) in [5, 5.41) is 10.1. The molecule has 12 heavy (non-hydrogen) atoms. The minimum absolute atomic E-state index is 0.247. The lowest BCUT2D eigenvalue weighted by molar-refractivity contribution is -0.0368. The maximum atomic E-state index is 10.1. The molecule has 2 rings (SSSR count). The van der Waals surface area contributed by atoms with E-state index in [2.05, 4.69) is 13.8 Å². The highest BCUT2D eigenvalue weighted by atomic mass is 16.6. The molecule has 1 aliphatic carbocycles. The summed E-state index contributed by atoms with van der Waals surface area (Å²) in [4.78, 5) is 0. The van der Waals surface area contributed by atoms with Gasteiger partial charge >= 0.3 is 0 Å². The second-order valence-corrected chi connectivity index (χ2v) is 5.37. The number of rotatable bonds is 0. The summed E-state index contributed by atoms with van der Waals surface area (Å²) in [6.45, 7) is 8.36. The van der Waals surface area contributed by atoms with Crippen molar-refractivity contribution in [3.8, 4) is 0 Å². The summed E-state index contributed by atoms with van der Waals surface area (Å²) in [6, 6.07) is 0. The third-order valence-corrected chi connectivity index (χ3v) is 3.84. The van der Waals surface area contributed by atoms with Crippen molar-refractivity contribution in [2.75, 3.05) is 0 Å². The monoisotopic (exact) mass is 170 g/mol. The Kier molecular flexibility index (Phi) is 1.33. The molecule has 0 bridgehead atoms. The fourth-order valence-corrected chi connectivity index (χ4v) is 2.47. The van der Waals surface area contributed by atoms with E-state index in [-0.39, 0.29) is 17.1 Å². The number of ether oxygens (including phenoxy) is 1. The summed E-state index contributed by atoms with van der Waals surface area (Å²) in [5.74, 6) is 0. The Morgan fingerprint density at radius 2 is 1.75 bits per heavy atom. The Morgan fingerprint density at radius 3 is 2.25 bits per heavy atom. The molecule has 1 heterocycles. The Balaban J connectivity index is 2.27. The zero-order valence-corrected chi connectivity index (χ0v) is 8.35. The van der Waals surface area contributed by atoms with E-state index in [0.29, 0.717) is 0 Å². The first kappa shape index (κ1) is 8.52. The zero-order chi connectivity index (χ0) is 9.20. The lowest BCUT2D eigenvalue weighted by Gasteiger charge is -2.38. The van der Waals surface area contributed by atoms with E-state index in [1.807, 2.05) is 13.8 Å². The molecule has 3 atom stereocenters. The molecule has 1 saturated heterocycles. The smallest absolute Gasteiger partial charge is 0.121 e. The maximum absolute atomic E-state index is 10.1. The Bertz CT molecular complexity index is 220. The Morgan fingerprint density at radius 1 is 1.17 bits per heavy atom. The summed E-state index contributed by atoms with van der Waals surface area (Å²) in [5.41, 5.74) is -0.640. The van der Waals surface area contributed by atoms with Crippen molar-refractivity contribution in [1.82, 2.24) is 0 Å². The molecule has 2 aliphatic rings. The van der Waals surface area contributed by atoms with Crippen LogP contribution in [0.25, 0.3) is 0 Å². The molecule has 0 spiro atoms. The Labute approximate surface area is 73.9 Å². The van der Waals surface area contributed by atoms with Crippen LogP contribution < -0.4 is 0 Å². The first-order valence-electron chi connectivity index (χ1n) is 4.70. The third kappa shape index (κ3) is 0.826. The quantitative estimate of drug-likeness (QED) is 0.561. The number of fused-ring (bicyclic) bond motifs is 1. The van der Waals surface area contributed by atoms with Crippen molar-refractivity contribution < 1.29 is 9.84 Å². The lowest BCUT2D eigenvalue weighted by Crippen LogP contribution is -2.49. The minimum atomic E-state index is -0.618. The molecule has 0 unspecified atom stereocenters. The van der Waals surface area contributed by atoms with Crippen molar-refractivity contribution >= 4 is 0 Å². The van der Waals surface area contributed by atoms with Gasteiger partial charge < -0.3 is 9.84 Å². The second-order valence-electron chi connectivity index (χ2n) is 5.37.